The zero-order valence-electron chi connectivity index (χ0n) is 14.7. The number of amides is 1. The molecule has 140 valence electrons. The number of hydrogen-bond donors (Lipinski definition) is 0. The molecule has 2 aromatic rings. The van der Waals surface area contributed by atoms with Crippen LogP contribution in [0.2, 0.25) is 0 Å². The molecule has 0 saturated carbocycles. The van der Waals surface area contributed by atoms with Gasteiger partial charge in [-0.05, 0) is 43.9 Å². The third kappa shape index (κ3) is 3.12. The Hall–Kier alpha value is -1.93. The van der Waals surface area contributed by atoms with Crippen molar-refractivity contribution in [2.75, 3.05) is 26.2 Å². The number of benzene rings is 1. The molecular formula is C18H23N3O4S. The maximum Gasteiger partial charge on any atom is 0.276 e. The number of fused-ring (bicyclic) bond motifs is 1. The topological polar surface area (TPSA) is 83.7 Å². The largest absolute Gasteiger partial charge is 0.355 e. The first-order chi connectivity index (χ1) is 12.6. The highest BCUT2D eigenvalue weighted by atomic mass is 32.2. The molecule has 0 bridgehead atoms. The van der Waals surface area contributed by atoms with E-state index in [0.717, 1.165) is 38.5 Å². The Balaban J connectivity index is 1.70. The van der Waals surface area contributed by atoms with Crippen molar-refractivity contribution in [3.63, 3.8) is 0 Å². The molecule has 0 N–H and O–H groups in total. The van der Waals surface area contributed by atoms with E-state index in [-0.39, 0.29) is 16.5 Å². The Morgan fingerprint density at radius 1 is 0.962 bits per heavy atom. The normalized spacial score (nSPS) is 19.8. The molecule has 2 aliphatic rings. The molecule has 2 aliphatic heterocycles. The van der Waals surface area contributed by atoms with Crippen LogP contribution in [0.15, 0.2) is 27.6 Å². The number of hydrogen-bond acceptors (Lipinski definition) is 5. The van der Waals surface area contributed by atoms with Crippen LogP contribution in [0.3, 0.4) is 0 Å². The highest BCUT2D eigenvalue weighted by molar-refractivity contribution is 7.89. The molecular weight excluding hydrogens is 354 g/mol. The number of carbonyl (C=O) groups excluding carboxylic acids is 1. The fourth-order valence-corrected chi connectivity index (χ4v) is 5.28. The molecule has 8 heteroatoms. The van der Waals surface area contributed by atoms with Gasteiger partial charge in [0.25, 0.3) is 5.91 Å². The first kappa shape index (κ1) is 17.5. The third-order valence-electron chi connectivity index (χ3n) is 5.24. The second-order valence-electron chi connectivity index (χ2n) is 7.01. The van der Waals surface area contributed by atoms with Crippen molar-refractivity contribution in [3.8, 4) is 0 Å². The predicted octanol–water partition coefficient (Wildman–Crippen LogP) is 2.63. The lowest BCUT2D eigenvalue weighted by Gasteiger charge is -2.20. The summed E-state index contributed by atoms with van der Waals surface area (Å²) in [6, 6.07) is 4.67. The Labute approximate surface area is 153 Å². The summed E-state index contributed by atoms with van der Waals surface area (Å²) in [4.78, 5) is 14.6. The van der Waals surface area contributed by atoms with Crippen LogP contribution in [-0.2, 0) is 10.0 Å². The van der Waals surface area contributed by atoms with Gasteiger partial charge >= 0.3 is 0 Å². The lowest BCUT2D eigenvalue weighted by Crippen LogP contribution is -2.32. The molecule has 4 rings (SSSR count). The van der Waals surface area contributed by atoms with Crippen LogP contribution in [0.5, 0.6) is 0 Å². The average Bonchev–Trinajstić information content (AvgIpc) is 3.24. The van der Waals surface area contributed by atoms with Crippen molar-refractivity contribution in [2.24, 2.45) is 0 Å². The van der Waals surface area contributed by atoms with Crippen molar-refractivity contribution in [2.45, 2.75) is 43.4 Å². The summed E-state index contributed by atoms with van der Waals surface area (Å²) in [7, 11) is -3.58. The van der Waals surface area contributed by atoms with E-state index in [1.165, 1.54) is 12.1 Å². The van der Waals surface area contributed by atoms with E-state index in [1.54, 1.807) is 15.3 Å². The minimum absolute atomic E-state index is 0.189. The summed E-state index contributed by atoms with van der Waals surface area (Å²) < 4.78 is 32.9. The van der Waals surface area contributed by atoms with Gasteiger partial charge in [-0.2, -0.15) is 4.31 Å². The van der Waals surface area contributed by atoms with Crippen molar-refractivity contribution in [1.82, 2.24) is 14.4 Å². The van der Waals surface area contributed by atoms with E-state index < -0.39 is 10.0 Å². The predicted molar refractivity (Wildman–Crippen MR) is 96.4 cm³/mol. The van der Waals surface area contributed by atoms with E-state index in [4.69, 9.17) is 4.52 Å². The molecule has 1 aromatic heterocycles. The number of aromatic nitrogens is 1. The highest BCUT2D eigenvalue weighted by Gasteiger charge is 2.28. The van der Waals surface area contributed by atoms with Crippen LogP contribution in [0.25, 0.3) is 11.0 Å². The molecule has 0 atom stereocenters. The van der Waals surface area contributed by atoms with Crippen LogP contribution in [-0.4, -0.2) is 54.9 Å². The van der Waals surface area contributed by atoms with Crippen LogP contribution in [0.4, 0.5) is 0 Å². The van der Waals surface area contributed by atoms with E-state index in [1.807, 2.05) is 0 Å². The Morgan fingerprint density at radius 3 is 2.31 bits per heavy atom. The van der Waals surface area contributed by atoms with E-state index in [9.17, 15) is 13.2 Å². The minimum atomic E-state index is -3.58. The molecule has 0 spiro atoms. The summed E-state index contributed by atoms with van der Waals surface area (Å²) in [6.45, 7) is 2.51. The van der Waals surface area contributed by atoms with Gasteiger partial charge in [0.15, 0.2) is 11.3 Å². The summed E-state index contributed by atoms with van der Waals surface area (Å²) >= 11 is 0. The average molecular weight is 377 g/mol. The molecule has 2 fully saturated rings. The SMILES string of the molecule is O=C(c1noc2ccc(S(=O)(=O)N3CCCCCC3)cc12)N1CCCC1. The second kappa shape index (κ2) is 7.00. The first-order valence-electron chi connectivity index (χ1n) is 9.26. The first-order valence-corrected chi connectivity index (χ1v) is 10.7. The van der Waals surface area contributed by atoms with E-state index in [0.29, 0.717) is 37.1 Å². The van der Waals surface area contributed by atoms with Crippen LogP contribution in [0.1, 0.15) is 49.0 Å². The van der Waals surface area contributed by atoms with Gasteiger partial charge in [0.1, 0.15) is 0 Å². The van der Waals surface area contributed by atoms with E-state index >= 15 is 0 Å². The Kier molecular flexibility index (Phi) is 4.71. The number of likely N-dealkylation sites (tertiary alicyclic amines) is 1. The number of rotatable bonds is 3. The molecule has 26 heavy (non-hydrogen) atoms. The van der Waals surface area contributed by atoms with Crippen LogP contribution in [0, 0.1) is 0 Å². The monoisotopic (exact) mass is 377 g/mol. The van der Waals surface area contributed by atoms with Crippen molar-refractivity contribution in [1.29, 1.82) is 0 Å². The van der Waals surface area contributed by atoms with Crippen LogP contribution >= 0.6 is 0 Å². The molecule has 0 aliphatic carbocycles. The molecule has 1 aromatic carbocycles. The maximum absolute atomic E-state index is 13.0. The number of sulfonamides is 1. The Morgan fingerprint density at radius 2 is 1.62 bits per heavy atom. The van der Waals surface area contributed by atoms with Gasteiger partial charge in [0.05, 0.1) is 10.3 Å². The van der Waals surface area contributed by atoms with E-state index in [2.05, 4.69) is 5.16 Å². The third-order valence-corrected chi connectivity index (χ3v) is 7.13. The molecule has 3 heterocycles. The van der Waals surface area contributed by atoms with Gasteiger partial charge in [-0.15, -0.1) is 0 Å². The quantitative estimate of drug-likeness (QED) is 0.821. The Bertz CT molecular complexity index is 908. The van der Waals surface area contributed by atoms with Crippen LogP contribution < -0.4 is 0 Å². The van der Waals surface area contributed by atoms with Gasteiger partial charge in [-0.25, -0.2) is 8.42 Å². The fraction of sp³-hybridized carbons (Fsp3) is 0.556. The van der Waals surface area contributed by atoms with Gasteiger partial charge < -0.3 is 9.42 Å². The zero-order chi connectivity index (χ0) is 18.1. The van der Waals surface area contributed by atoms with Gasteiger partial charge in [-0.3, -0.25) is 4.79 Å². The highest BCUT2D eigenvalue weighted by Crippen LogP contribution is 2.27. The minimum Gasteiger partial charge on any atom is -0.355 e. The maximum atomic E-state index is 13.0. The molecule has 7 nitrogen and oxygen atoms in total. The molecule has 2 saturated heterocycles. The van der Waals surface area contributed by atoms with Crippen molar-refractivity contribution < 1.29 is 17.7 Å². The number of carbonyl (C=O) groups is 1. The van der Waals surface area contributed by atoms with Gasteiger partial charge in [-0.1, -0.05) is 18.0 Å². The molecule has 0 unspecified atom stereocenters. The van der Waals surface area contributed by atoms with Gasteiger partial charge in [0.2, 0.25) is 10.0 Å². The standard InChI is InChI=1S/C18H23N3O4S/c22-18(20-9-5-6-10-20)17-15-13-14(7-8-16(15)25-19-17)26(23,24)21-11-3-1-2-4-12-21/h7-8,13H,1-6,9-12H2. The summed E-state index contributed by atoms with van der Waals surface area (Å²) in [5.74, 6) is -0.189. The summed E-state index contributed by atoms with van der Waals surface area (Å²) in [5, 5.41) is 4.39. The smallest absolute Gasteiger partial charge is 0.276 e. The van der Waals surface area contributed by atoms with Gasteiger partial charge in [0, 0.05) is 26.2 Å². The fourth-order valence-electron chi connectivity index (χ4n) is 3.73. The lowest BCUT2D eigenvalue weighted by molar-refractivity contribution is 0.0784. The number of nitrogens with zero attached hydrogens (tertiary/aromatic N) is 3. The zero-order valence-corrected chi connectivity index (χ0v) is 15.5. The van der Waals surface area contributed by atoms with Crippen molar-refractivity contribution in [3.05, 3.63) is 23.9 Å². The van der Waals surface area contributed by atoms with Crippen molar-refractivity contribution >= 4 is 26.9 Å². The molecule has 0 radical (unpaired) electrons. The summed E-state index contributed by atoms with van der Waals surface area (Å²) in [5.41, 5.74) is 0.636. The molecule has 1 amide bonds. The lowest BCUT2D eigenvalue weighted by atomic mass is 10.2. The summed E-state index contributed by atoms with van der Waals surface area (Å²) in [6.07, 6.45) is 5.85. The second-order valence-corrected chi connectivity index (χ2v) is 8.94.